The van der Waals surface area contributed by atoms with Gasteiger partial charge < -0.3 is 31.3 Å². The van der Waals surface area contributed by atoms with Gasteiger partial charge in [-0.25, -0.2) is 0 Å². The molecule has 0 saturated heterocycles. The van der Waals surface area contributed by atoms with Gasteiger partial charge in [0, 0.05) is 12.0 Å². The molecule has 3 aromatic carbocycles. The molecule has 216 valence electrons. The van der Waals surface area contributed by atoms with Gasteiger partial charge in [-0.15, -0.1) is 0 Å². The molecule has 0 aliphatic rings. The number of hydrogen-bond acceptors (Lipinski definition) is 6. The summed E-state index contributed by atoms with van der Waals surface area (Å²) in [6.07, 6.45) is 1.03. The highest BCUT2D eigenvalue weighted by atomic mass is 16.4. The summed E-state index contributed by atoms with van der Waals surface area (Å²) in [5, 5.41) is 27.5. The topological polar surface area (TPSA) is 157 Å². The largest absolute Gasteiger partial charge is 0.472 e. The molecule has 0 radical (unpaired) electrons. The zero-order valence-electron chi connectivity index (χ0n) is 23.3. The summed E-state index contributed by atoms with van der Waals surface area (Å²) >= 11 is 0. The number of nitrogens with one attached hydrogen (secondary N) is 4. The molecule has 0 heterocycles. The number of benzene rings is 3. The van der Waals surface area contributed by atoms with E-state index in [0.29, 0.717) is 5.56 Å². The second kappa shape index (κ2) is 18.0. The van der Waals surface area contributed by atoms with Crippen LogP contribution in [0.1, 0.15) is 36.2 Å². The van der Waals surface area contributed by atoms with Gasteiger partial charge in [0.1, 0.15) is 6.04 Å². The summed E-state index contributed by atoms with van der Waals surface area (Å²) in [4.78, 5) is 49.7. The molecule has 0 aromatic heterocycles. The summed E-state index contributed by atoms with van der Waals surface area (Å²) in [5.74, 6) is -2.25. The van der Waals surface area contributed by atoms with Crippen molar-refractivity contribution in [3.8, 4) is 11.1 Å². The van der Waals surface area contributed by atoms with E-state index in [2.05, 4.69) is 35.1 Å². The minimum absolute atomic E-state index is 0.157. The van der Waals surface area contributed by atoms with E-state index in [1.807, 2.05) is 48.5 Å². The van der Waals surface area contributed by atoms with Crippen LogP contribution in [0.3, 0.4) is 0 Å². The number of amides is 4. The summed E-state index contributed by atoms with van der Waals surface area (Å²) in [5.41, 5.74) is 3.14. The standard InChI is InChI=1S/C27H29BN4O6.C3H8/c33-24(31-18-28(37)38)16-30-27(36)23(15-19-7-3-1-4-8-19)32-25(34)17-29-26(35)22-13-11-21(12-14-22)20-9-5-2-6-10-20;1-3-2/h1-14,23,37-38H,15-18H2,(H,29,35)(H,30,36)(H,31,33)(H,32,34);3H2,1-2H3. The molecule has 0 aliphatic heterocycles. The average Bonchev–Trinajstić information content (AvgIpc) is 2.98. The molecule has 6 N–H and O–H groups in total. The predicted molar refractivity (Wildman–Crippen MR) is 158 cm³/mol. The average molecular weight is 560 g/mol. The van der Waals surface area contributed by atoms with Gasteiger partial charge in [0.2, 0.25) is 17.7 Å². The molecule has 0 spiro atoms. The van der Waals surface area contributed by atoms with E-state index in [4.69, 9.17) is 10.0 Å². The molecule has 10 nitrogen and oxygen atoms in total. The molecule has 3 aromatic rings. The van der Waals surface area contributed by atoms with Crippen molar-refractivity contribution in [2.24, 2.45) is 0 Å². The van der Waals surface area contributed by atoms with Crippen molar-refractivity contribution in [2.75, 3.05) is 19.5 Å². The monoisotopic (exact) mass is 560 g/mol. The Hall–Kier alpha value is -4.48. The van der Waals surface area contributed by atoms with E-state index >= 15 is 0 Å². The van der Waals surface area contributed by atoms with Crippen LogP contribution in [0.5, 0.6) is 0 Å². The lowest BCUT2D eigenvalue weighted by Gasteiger charge is -2.19. The van der Waals surface area contributed by atoms with Crippen LogP contribution in [-0.4, -0.2) is 66.4 Å². The number of carbonyl (C=O) groups excluding carboxylic acids is 4. The Bertz CT molecular complexity index is 1240. The Morgan fingerprint density at radius 2 is 1.24 bits per heavy atom. The van der Waals surface area contributed by atoms with Crippen molar-refractivity contribution in [1.82, 2.24) is 21.3 Å². The van der Waals surface area contributed by atoms with Crippen LogP contribution in [-0.2, 0) is 20.8 Å². The normalized spacial score (nSPS) is 10.7. The van der Waals surface area contributed by atoms with E-state index in [0.717, 1.165) is 16.7 Å². The Kier molecular flexibility index (Phi) is 14.4. The quantitative estimate of drug-likeness (QED) is 0.184. The van der Waals surface area contributed by atoms with Gasteiger partial charge in [0.05, 0.1) is 19.5 Å². The molecule has 0 saturated carbocycles. The van der Waals surface area contributed by atoms with Crippen LogP contribution in [0.2, 0.25) is 0 Å². The van der Waals surface area contributed by atoms with Gasteiger partial charge in [0.25, 0.3) is 5.91 Å². The SMILES string of the molecule is CCC.O=C(CNC(=O)C(Cc1ccccc1)NC(=O)CNC(=O)c1ccc(-c2ccccc2)cc1)NCB(O)O. The first-order chi connectivity index (χ1) is 19.7. The van der Waals surface area contributed by atoms with Gasteiger partial charge in [-0.3, -0.25) is 19.2 Å². The first-order valence-electron chi connectivity index (χ1n) is 13.4. The van der Waals surface area contributed by atoms with Gasteiger partial charge in [0.15, 0.2) is 0 Å². The summed E-state index contributed by atoms with van der Waals surface area (Å²) < 4.78 is 0. The molecular formula is C30H37BN4O6. The molecule has 0 bridgehead atoms. The fourth-order valence-electron chi connectivity index (χ4n) is 3.57. The van der Waals surface area contributed by atoms with Crippen molar-refractivity contribution in [1.29, 1.82) is 0 Å². The lowest BCUT2D eigenvalue weighted by atomic mass is 9.92. The van der Waals surface area contributed by atoms with Crippen LogP contribution < -0.4 is 21.3 Å². The first-order valence-corrected chi connectivity index (χ1v) is 13.4. The third-order valence-electron chi connectivity index (χ3n) is 5.50. The molecule has 41 heavy (non-hydrogen) atoms. The summed E-state index contributed by atoms with van der Waals surface area (Å²) in [7, 11) is -1.71. The Balaban J connectivity index is 0.00000187. The third-order valence-corrected chi connectivity index (χ3v) is 5.50. The maximum Gasteiger partial charge on any atom is 0.472 e. The second-order valence-electron chi connectivity index (χ2n) is 9.15. The highest BCUT2D eigenvalue weighted by molar-refractivity contribution is 6.41. The molecule has 4 amide bonds. The van der Waals surface area contributed by atoms with Crippen LogP contribution in [0.15, 0.2) is 84.9 Å². The maximum atomic E-state index is 12.7. The lowest BCUT2D eigenvalue weighted by molar-refractivity contribution is -0.130. The highest BCUT2D eigenvalue weighted by Crippen LogP contribution is 2.19. The fraction of sp³-hybridized carbons (Fsp3) is 0.267. The Labute approximate surface area is 240 Å². The van der Waals surface area contributed by atoms with Crippen molar-refractivity contribution in [2.45, 2.75) is 32.7 Å². The fourth-order valence-corrected chi connectivity index (χ4v) is 3.57. The minimum Gasteiger partial charge on any atom is -0.426 e. The van der Waals surface area contributed by atoms with Crippen molar-refractivity contribution in [3.05, 3.63) is 96.1 Å². The molecule has 1 atom stereocenters. The van der Waals surface area contributed by atoms with E-state index in [1.165, 1.54) is 6.42 Å². The van der Waals surface area contributed by atoms with Crippen LogP contribution in [0.25, 0.3) is 11.1 Å². The Morgan fingerprint density at radius 1 is 0.707 bits per heavy atom. The Morgan fingerprint density at radius 3 is 1.83 bits per heavy atom. The maximum absolute atomic E-state index is 12.7. The smallest absolute Gasteiger partial charge is 0.426 e. The van der Waals surface area contributed by atoms with Crippen molar-refractivity contribution >= 4 is 30.7 Å². The van der Waals surface area contributed by atoms with E-state index in [9.17, 15) is 19.2 Å². The third kappa shape index (κ3) is 12.5. The van der Waals surface area contributed by atoms with Gasteiger partial charge >= 0.3 is 7.12 Å². The zero-order valence-corrected chi connectivity index (χ0v) is 23.3. The van der Waals surface area contributed by atoms with E-state index in [-0.39, 0.29) is 19.4 Å². The summed E-state index contributed by atoms with van der Waals surface area (Å²) in [6.45, 7) is 3.48. The lowest BCUT2D eigenvalue weighted by Crippen LogP contribution is -2.52. The molecule has 3 rings (SSSR count). The predicted octanol–water partition coefficient (Wildman–Crippen LogP) is 1.47. The van der Waals surface area contributed by atoms with Crippen LogP contribution >= 0.6 is 0 Å². The van der Waals surface area contributed by atoms with Crippen molar-refractivity contribution < 1.29 is 29.2 Å². The second-order valence-corrected chi connectivity index (χ2v) is 9.15. The van der Waals surface area contributed by atoms with Gasteiger partial charge in [-0.1, -0.05) is 93.1 Å². The molecule has 0 fully saturated rings. The van der Waals surface area contributed by atoms with Crippen molar-refractivity contribution in [3.63, 3.8) is 0 Å². The van der Waals surface area contributed by atoms with E-state index in [1.54, 1.807) is 36.4 Å². The van der Waals surface area contributed by atoms with Gasteiger partial charge in [-0.05, 0) is 28.8 Å². The number of rotatable bonds is 12. The van der Waals surface area contributed by atoms with E-state index < -0.39 is 43.3 Å². The molecular weight excluding hydrogens is 523 g/mol. The summed E-state index contributed by atoms with van der Waals surface area (Å²) in [6, 6.07) is 24.7. The molecule has 1 unspecified atom stereocenters. The highest BCUT2D eigenvalue weighted by Gasteiger charge is 2.22. The number of carbonyl (C=O) groups is 4. The zero-order chi connectivity index (χ0) is 30.0. The minimum atomic E-state index is -1.71. The molecule has 11 heteroatoms. The van der Waals surface area contributed by atoms with Gasteiger partial charge in [-0.2, -0.15) is 0 Å². The first kappa shape index (κ1) is 32.7. The van der Waals surface area contributed by atoms with Crippen LogP contribution in [0, 0.1) is 0 Å². The molecule has 0 aliphatic carbocycles. The number of hydrogen-bond donors (Lipinski definition) is 6. The van der Waals surface area contributed by atoms with Crippen LogP contribution in [0.4, 0.5) is 0 Å².